The molecule has 0 unspecified atom stereocenters. The van der Waals surface area contributed by atoms with Crippen LogP contribution < -0.4 is 26.0 Å². The fourth-order valence-electron chi connectivity index (χ4n) is 2.59. The molecule has 2 heterocycles. The molecule has 2 aliphatic heterocycles. The van der Waals surface area contributed by atoms with E-state index in [-0.39, 0.29) is 0 Å². The van der Waals surface area contributed by atoms with Crippen molar-refractivity contribution in [1.82, 2.24) is 10.6 Å². The monoisotopic (exact) mass is 336 g/mol. The van der Waals surface area contributed by atoms with Gasteiger partial charge >= 0.3 is 0 Å². The summed E-state index contributed by atoms with van der Waals surface area (Å²) in [5.74, 6) is 3.21. The van der Waals surface area contributed by atoms with Crippen LogP contribution in [0.4, 0.5) is 11.4 Å². The predicted molar refractivity (Wildman–Crippen MR) is 101 cm³/mol. The normalized spacial score (nSPS) is 15.7. The second-order valence-electron chi connectivity index (χ2n) is 5.72. The number of aliphatic imine (C=N–C) groups is 2. The molecule has 0 fully saturated rings. The number of guanidine groups is 2. The van der Waals surface area contributed by atoms with Gasteiger partial charge in [0.25, 0.3) is 0 Å². The highest BCUT2D eigenvalue weighted by molar-refractivity contribution is 5.95. The Balaban J connectivity index is 1.34. The first-order valence-corrected chi connectivity index (χ1v) is 8.34. The van der Waals surface area contributed by atoms with Crippen molar-refractivity contribution in [3.05, 3.63) is 48.5 Å². The molecule has 128 valence electrons. The molecule has 0 aromatic heterocycles. The first kappa shape index (κ1) is 15.3. The standard InChI is InChI=1S/C18H20N6O/c1-5-15(6-2-13(1)23-17-19-9-10-20-17)25-16-7-3-14(4-8-16)24-18-21-11-12-22-18/h1-8H,9-12H2,(H2,19,20,23)(H2,21,22,24). The number of hydrogen-bond acceptors (Lipinski definition) is 7. The summed E-state index contributed by atoms with van der Waals surface area (Å²) in [7, 11) is 0. The summed E-state index contributed by atoms with van der Waals surface area (Å²) in [6.07, 6.45) is 0. The SMILES string of the molecule is c1cc(Oc2ccc(NC3=NCCN3)cc2)ccc1NC1=NCCN1. The van der Waals surface area contributed by atoms with E-state index >= 15 is 0 Å². The summed E-state index contributed by atoms with van der Waals surface area (Å²) in [4.78, 5) is 8.62. The maximum Gasteiger partial charge on any atom is 0.195 e. The molecule has 7 heteroatoms. The largest absolute Gasteiger partial charge is 0.457 e. The van der Waals surface area contributed by atoms with Gasteiger partial charge in [0.1, 0.15) is 11.5 Å². The number of ether oxygens (including phenoxy) is 1. The van der Waals surface area contributed by atoms with Crippen molar-refractivity contribution in [3.8, 4) is 11.5 Å². The molecule has 0 bridgehead atoms. The molecular formula is C18H20N6O. The summed E-state index contributed by atoms with van der Waals surface area (Å²) in [5.41, 5.74) is 1.95. The van der Waals surface area contributed by atoms with Crippen molar-refractivity contribution < 1.29 is 4.74 Å². The molecular weight excluding hydrogens is 316 g/mol. The summed E-state index contributed by atoms with van der Waals surface area (Å²) in [6.45, 7) is 3.41. The predicted octanol–water partition coefficient (Wildman–Crippen LogP) is 2.22. The Morgan fingerprint density at radius 2 is 1.12 bits per heavy atom. The van der Waals surface area contributed by atoms with E-state index in [0.717, 1.165) is 61.0 Å². The lowest BCUT2D eigenvalue weighted by molar-refractivity contribution is 0.483. The highest BCUT2D eigenvalue weighted by Gasteiger charge is 2.06. The van der Waals surface area contributed by atoms with Gasteiger partial charge in [0, 0.05) is 24.5 Å². The Bertz CT molecular complexity index is 715. The smallest absolute Gasteiger partial charge is 0.195 e. The molecule has 0 amide bonds. The van der Waals surface area contributed by atoms with Gasteiger partial charge in [0.2, 0.25) is 0 Å². The van der Waals surface area contributed by atoms with Gasteiger partial charge in [-0.15, -0.1) is 0 Å². The molecule has 0 radical (unpaired) electrons. The van der Waals surface area contributed by atoms with E-state index in [1.165, 1.54) is 0 Å². The van der Waals surface area contributed by atoms with E-state index in [1.54, 1.807) is 0 Å². The topological polar surface area (TPSA) is 82.1 Å². The average molecular weight is 336 g/mol. The molecule has 25 heavy (non-hydrogen) atoms. The summed E-state index contributed by atoms with van der Waals surface area (Å²) < 4.78 is 5.88. The second-order valence-corrected chi connectivity index (χ2v) is 5.72. The van der Waals surface area contributed by atoms with Gasteiger partial charge in [-0.2, -0.15) is 0 Å². The zero-order chi connectivity index (χ0) is 16.9. The fraction of sp³-hybridized carbons (Fsp3) is 0.222. The molecule has 4 rings (SSSR count). The lowest BCUT2D eigenvalue weighted by Crippen LogP contribution is -2.26. The van der Waals surface area contributed by atoms with E-state index in [1.807, 2.05) is 48.5 Å². The fourth-order valence-corrected chi connectivity index (χ4v) is 2.59. The zero-order valence-corrected chi connectivity index (χ0v) is 13.7. The molecule has 2 aromatic carbocycles. The number of benzene rings is 2. The van der Waals surface area contributed by atoms with E-state index in [9.17, 15) is 0 Å². The Morgan fingerprint density at radius 3 is 1.48 bits per heavy atom. The maximum absolute atomic E-state index is 5.88. The van der Waals surface area contributed by atoms with Crippen LogP contribution in [0.2, 0.25) is 0 Å². The third-order valence-corrected chi connectivity index (χ3v) is 3.82. The molecule has 0 spiro atoms. The molecule has 2 aliphatic rings. The van der Waals surface area contributed by atoms with Crippen LogP contribution >= 0.6 is 0 Å². The third kappa shape index (κ3) is 4.00. The van der Waals surface area contributed by atoms with Crippen molar-refractivity contribution >= 4 is 23.3 Å². The molecule has 4 N–H and O–H groups in total. The zero-order valence-electron chi connectivity index (χ0n) is 13.7. The number of nitrogens with one attached hydrogen (secondary N) is 4. The lowest BCUT2D eigenvalue weighted by atomic mass is 10.3. The highest BCUT2D eigenvalue weighted by atomic mass is 16.5. The molecule has 0 saturated carbocycles. The Morgan fingerprint density at radius 1 is 0.680 bits per heavy atom. The van der Waals surface area contributed by atoms with Crippen LogP contribution in [0.5, 0.6) is 11.5 Å². The van der Waals surface area contributed by atoms with Crippen LogP contribution in [-0.4, -0.2) is 38.1 Å². The van der Waals surface area contributed by atoms with E-state index in [2.05, 4.69) is 31.3 Å². The minimum absolute atomic E-state index is 0.786. The summed E-state index contributed by atoms with van der Waals surface area (Å²) in [6, 6.07) is 15.6. The van der Waals surface area contributed by atoms with Crippen LogP contribution in [0, 0.1) is 0 Å². The number of rotatable bonds is 4. The van der Waals surface area contributed by atoms with Gasteiger partial charge < -0.3 is 26.0 Å². The van der Waals surface area contributed by atoms with Crippen LogP contribution in [0.3, 0.4) is 0 Å². The summed E-state index contributed by atoms with van der Waals surface area (Å²) >= 11 is 0. The molecule has 7 nitrogen and oxygen atoms in total. The van der Waals surface area contributed by atoms with Gasteiger partial charge in [-0.1, -0.05) is 0 Å². The van der Waals surface area contributed by atoms with E-state index in [0.29, 0.717) is 0 Å². The first-order valence-electron chi connectivity index (χ1n) is 8.34. The Hall–Kier alpha value is -3.22. The molecule has 2 aromatic rings. The van der Waals surface area contributed by atoms with Crippen molar-refractivity contribution in [2.45, 2.75) is 0 Å². The van der Waals surface area contributed by atoms with Crippen LogP contribution in [0.1, 0.15) is 0 Å². The Kier molecular flexibility index (Phi) is 4.37. The van der Waals surface area contributed by atoms with Crippen LogP contribution in [0.15, 0.2) is 58.5 Å². The van der Waals surface area contributed by atoms with Gasteiger partial charge in [-0.25, -0.2) is 0 Å². The number of nitrogens with zero attached hydrogens (tertiary/aromatic N) is 2. The van der Waals surface area contributed by atoms with Gasteiger partial charge in [0.05, 0.1) is 13.1 Å². The third-order valence-electron chi connectivity index (χ3n) is 3.82. The van der Waals surface area contributed by atoms with E-state index < -0.39 is 0 Å². The van der Waals surface area contributed by atoms with Crippen molar-refractivity contribution in [2.75, 3.05) is 36.8 Å². The Labute approximate surface area is 146 Å². The summed E-state index contributed by atoms with van der Waals surface area (Å²) in [5, 5.41) is 12.8. The maximum atomic E-state index is 5.88. The minimum atomic E-state index is 0.786. The van der Waals surface area contributed by atoms with Crippen molar-refractivity contribution in [3.63, 3.8) is 0 Å². The lowest BCUT2D eigenvalue weighted by Gasteiger charge is -2.10. The van der Waals surface area contributed by atoms with Gasteiger partial charge in [0.15, 0.2) is 11.9 Å². The van der Waals surface area contributed by atoms with Gasteiger partial charge in [-0.3, -0.25) is 9.98 Å². The second kappa shape index (κ2) is 7.12. The van der Waals surface area contributed by atoms with Crippen LogP contribution in [-0.2, 0) is 0 Å². The van der Waals surface area contributed by atoms with E-state index in [4.69, 9.17) is 4.74 Å². The molecule has 0 saturated heterocycles. The van der Waals surface area contributed by atoms with Gasteiger partial charge in [-0.05, 0) is 48.5 Å². The highest BCUT2D eigenvalue weighted by Crippen LogP contribution is 2.24. The first-order chi connectivity index (χ1) is 12.3. The molecule has 0 atom stereocenters. The number of anilines is 2. The molecule has 0 aliphatic carbocycles. The minimum Gasteiger partial charge on any atom is -0.457 e. The van der Waals surface area contributed by atoms with Crippen molar-refractivity contribution in [2.24, 2.45) is 9.98 Å². The average Bonchev–Trinajstić information content (AvgIpc) is 3.33. The number of hydrogen-bond donors (Lipinski definition) is 4. The van der Waals surface area contributed by atoms with Crippen LogP contribution in [0.25, 0.3) is 0 Å². The van der Waals surface area contributed by atoms with Crippen molar-refractivity contribution in [1.29, 1.82) is 0 Å². The quantitative estimate of drug-likeness (QED) is 0.688.